The van der Waals surface area contributed by atoms with Gasteiger partial charge in [0.05, 0.1) is 6.54 Å². The van der Waals surface area contributed by atoms with Crippen molar-refractivity contribution in [2.75, 3.05) is 53.4 Å². The van der Waals surface area contributed by atoms with Crippen LogP contribution < -0.4 is 0 Å². The van der Waals surface area contributed by atoms with Crippen molar-refractivity contribution in [3.05, 3.63) is 24.4 Å². The van der Waals surface area contributed by atoms with Gasteiger partial charge in [0.25, 0.3) is 0 Å². The third-order valence-electron chi connectivity index (χ3n) is 3.07. The first-order valence-electron chi connectivity index (χ1n) is 6.90. The van der Waals surface area contributed by atoms with E-state index in [-0.39, 0.29) is 5.91 Å². The fraction of sp³-hybridized carbons (Fsp3) is 0.600. The number of allylic oxidation sites excluding steroid dienone is 1. The number of likely N-dealkylation sites (N-methyl/N-ethyl adjacent to an activating group) is 1. The van der Waals surface area contributed by atoms with Crippen molar-refractivity contribution >= 4 is 12.1 Å². The second-order valence-corrected chi connectivity index (χ2v) is 5.55. The Kier molecular flexibility index (Phi) is 6.61. The van der Waals surface area contributed by atoms with E-state index in [2.05, 4.69) is 23.1 Å². The number of hydrogen-bond donors (Lipinski definition) is 0. The van der Waals surface area contributed by atoms with Crippen LogP contribution in [0.4, 0.5) is 0 Å². The Balaban J connectivity index is 2.33. The van der Waals surface area contributed by atoms with Gasteiger partial charge in [-0.25, -0.2) is 0 Å². The zero-order valence-corrected chi connectivity index (χ0v) is 12.9. The molecule has 0 aromatic heterocycles. The monoisotopic (exact) mass is 278 g/mol. The Morgan fingerprint density at radius 1 is 1.25 bits per heavy atom. The number of nitrogens with zero attached hydrogens (tertiary/aromatic N) is 4. The first kappa shape index (κ1) is 16.6. The standard InChI is InChI=1S/C15H26N4O/c1-13(2)16-10-14(3)11-18-6-8-19(9-7-18)15(20)12-17(4)5/h10H,1,3,6-9,11-12H2,2,4-5H3. The topological polar surface area (TPSA) is 39.1 Å². The number of hydrogen-bond acceptors (Lipinski definition) is 4. The first-order valence-corrected chi connectivity index (χ1v) is 6.90. The SMILES string of the molecule is C=C(C=NC(=C)C)CN1CCN(C(=O)CN(C)C)CC1. The maximum atomic E-state index is 11.9. The predicted octanol–water partition coefficient (Wildman–Crippen LogP) is 0.853. The summed E-state index contributed by atoms with van der Waals surface area (Å²) in [4.78, 5) is 22.2. The molecule has 0 aromatic carbocycles. The molecule has 1 saturated heterocycles. The van der Waals surface area contributed by atoms with E-state index in [1.807, 2.05) is 30.8 Å². The molecule has 1 amide bonds. The van der Waals surface area contributed by atoms with E-state index in [0.717, 1.165) is 44.0 Å². The number of amides is 1. The molecule has 112 valence electrons. The van der Waals surface area contributed by atoms with Gasteiger partial charge in [-0.3, -0.25) is 14.7 Å². The van der Waals surface area contributed by atoms with Crippen LogP contribution in [-0.4, -0.2) is 80.2 Å². The molecule has 0 unspecified atom stereocenters. The fourth-order valence-electron chi connectivity index (χ4n) is 2.06. The molecule has 1 aliphatic rings. The number of carbonyl (C=O) groups is 1. The summed E-state index contributed by atoms with van der Waals surface area (Å²) >= 11 is 0. The molecule has 1 rings (SSSR count). The van der Waals surface area contributed by atoms with Gasteiger partial charge < -0.3 is 9.80 Å². The third kappa shape index (κ3) is 6.12. The molecule has 0 aliphatic carbocycles. The molecule has 0 atom stereocenters. The van der Waals surface area contributed by atoms with Crippen molar-refractivity contribution in [1.29, 1.82) is 0 Å². The summed E-state index contributed by atoms with van der Waals surface area (Å²) in [6.45, 7) is 14.2. The highest BCUT2D eigenvalue weighted by Gasteiger charge is 2.21. The minimum absolute atomic E-state index is 0.206. The van der Waals surface area contributed by atoms with Crippen molar-refractivity contribution in [2.45, 2.75) is 6.92 Å². The van der Waals surface area contributed by atoms with Crippen LogP contribution in [0.3, 0.4) is 0 Å². The summed E-state index contributed by atoms with van der Waals surface area (Å²) < 4.78 is 0. The van der Waals surface area contributed by atoms with Crippen LogP contribution in [0.1, 0.15) is 6.92 Å². The molecular formula is C15H26N4O. The Bertz CT molecular complexity index is 393. The smallest absolute Gasteiger partial charge is 0.236 e. The summed E-state index contributed by atoms with van der Waals surface area (Å²) in [7, 11) is 3.83. The van der Waals surface area contributed by atoms with Gasteiger partial charge in [-0.15, -0.1) is 0 Å². The van der Waals surface area contributed by atoms with Crippen LogP contribution in [0.15, 0.2) is 29.4 Å². The lowest BCUT2D eigenvalue weighted by Crippen LogP contribution is -2.50. The van der Waals surface area contributed by atoms with E-state index in [4.69, 9.17) is 0 Å². The molecule has 1 fully saturated rings. The second-order valence-electron chi connectivity index (χ2n) is 5.55. The molecule has 0 bridgehead atoms. The minimum atomic E-state index is 0.206. The van der Waals surface area contributed by atoms with Crippen LogP contribution in [0.25, 0.3) is 0 Å². The summed E-state index contributed by atoms with van der Waals surface area (Å²) in [5, 5.41) is 0. The Labute approximate surface area is 122 Å². The van der Waals surface area contributed by atoms with Crippen molar-refractivity contribution in [3.63, 3.8) is 0 Å². The lowest BCUT2D eigenvalue weighted by molar-refractivity contribution is -0.133. The van der Waals surface area contributed by atoms with Gasteiger partial charge in [-0.2, -0.15) is 0 Å². The van der Waals surface area contributed by atoms with Crippen molar-refractivity contribution in [1.82, 2.24) is 14.7 Å². The number of rotatable bonds is 6. The van der Waals surface area contributed by atoms with Crippen LogP contribution in [-0.2, 0) is 4.79 Å². The molecule has 5 nitrogen and oxygen atoms in total. The van der Waals surface area contributed by atoms with Gasteiger partial charge in [0, 0.05) is 44.6 Å². The quantitative estimate of drug-likeness (QED) is 0.676. The van der Waals surface area contributed by atoms with Crippen LogP contribution in [0.5, 0.6) is 0 Å². The lowest BCUT2D eigenvalue weighted by atomic mass is 10.2. The lowest BCUT2D eigenvalue weighted by Gasteiger charge is -2.35. The van der Waals surface area contributed by atoms with Gasteiger partial charge in [0.1, 0.15) is 0 Å². The molecular weight excluding hydrogens is 252 g/mol. The predicted molar refractivity (Wildman–Crippen MR) is 84.0 cm³/mol. The van der Waals surface area contributed by atoms with Gasteiger partial charge in [0.2, 0.25) is 5.91 Å². The van der Waals surface area contributed by atoms with Crippen LogP contribution in [0, 0.1) is 0 Å². The molecule has 0 radical (unpaired) electrons. The Hall–Kier alpha value is -1.46. The van der Waals surface area contributed by atoms with E-state index in [1.54, 1.807) is 6.21 Å². The fourth-order valence-corrected chi connectivity index (χ4v) is 2.06. The minimum Gasteiger partial charge on any atom is -0.339 e. The summed E-state index contributed by atoms with van der Waals surface area (Å²) in [6, 6.07) is 0. The zero-order chi connectivity index (χ0) is 15.1. The van der Waals surface area contributed by atoms with Gasteiger partial charge >= 0.3 is 0 Å². The van der Waals surface area contributed by atoms with E-state index < -0.39 is 0 Å². The second kappa shape index (κ2) is 7.97. The van der Waals surface area contributed by atoms with E-state index in [1.165, 1.54) is 0 Å². The molecule has 20 heavy (non-hydrogen) atoms. The zero-order valence-electron chi connectivity index (χ0n) is 12.9. The average Bonchev–Trinajstić information content (AvgIpc) is 2.36. The molecule has 0 aromatic rings. The van der Waals surface area contributed by atoms with Crippen molar-refractivity contribution < 1.29 is 4.79 Å². The maximum absolute atomic E-state index is 11.9. The number of aliphatic imine (C=N–C) groups is 1. The van der Waals surface area contributed by atoms with Crippen molar-refractivity contribution in [3.8, 4) is 0 Å². The van der Waals surface area contributed by atoms with Gasteiger partial charge in [-0.05, 0) is 26.6 Å². The Morgan fingerprint density at radius 2 is 1.85 bits per heavy atom. The maximum Gasteiger partial charge on any atom is 0.236 e. The number of piperazine rings is 1. The summed E-state index contributed by atoms with van der Waals surface area (Å²) in [5.41, 5.74) is 1.76. The molecule has 0 spiro atoms. The largest absolute Gasteiger partial charge is 0.339 e. The average molecular weight is 278 g/mol. The molecule has 0 saturated carbocycles. The van der Waals surface area contributed by atoms with Crippen molar-refractivity contribution in [2.24, 2.45) is 4.99 Å². The molecule has 0 N–H and O–H groups in total. The molecule has 1 aliphatic heterocycles. The number of carbonyl (C=O) groups excluding carboxylic acids is 1. The van der Waals surface area contributed by atoms with Crippen LogP contribution in [0.2, 0.25) is 0 Å². The van der Waals surface area contributed by atoms with Crippen LogP contribution >= 0.6 is 0 Å². The highest BCUT2D eigenvalue weighted by Crippen LogP contribution is 2.05. The molecule has 5 heteroatoms. The first-order chi connectivity index (χ1) is 9.38. The normalized spacial score (nSPS) is 16.9. The van der Waals surface area contributed by atoms with Gasteiger partial charge in [0.15, 0.2) is 0 Å². The van der Waals surface area contributed by atoms with E-state index in [9.17, 15) is 4.79 Å². The van der Waals surface area contributed by atoms with E-state index >= 15 is 0 Å². The summed E-state index contributed by atoms with van der Waals surface area (Å²) in [6.07, 6.45) is 1.77. The Morgan fingerprint density at radius 3 is 2.35 bits per heavy atom. The van der Waals surface area contributed by atoms with Gasteiger partial charge in [-0.1, -0.05) is 13.2 Å². The summed E-state index contributed by atoms with van der Waals surface area (Å²) in [5.74, 6) is 0.206. The third-order valence-corrected chi connectivity index (χ3v) is 3.07. The highest BCUT2D eigenvalue weighted by molar-refractivity contribution is 5.79. The van der Waals surface area contributed by atoms with E-state index in [0.29, 0.717) is 6.54 Å². The highest BCUT2D eigenvalue weighted by atomic mass is 16.2. The molecule has 1 heterocycles.